The van der Waals surface area contributed by atoms with Gasteiger partial charge in [-0.1, -0.05) is 26.5 Å². The minimum atomic E-state index is -1.19. The molecule has 2 aromatic carbocycles. The number of fused-ring (bicyclic) bond motifs is 5. The summed E-state index contributed by atoms with van der Waals surface area (Å²) >= 11 is 0. The Morgan fingerprint density at radius 3 is 2.47 bits per heavy atom. The fraction of sp³-hybridized carbons (Fsp3) is 0.324. The minimum absolute atomic E-state index is 0.101. The fourth-order valence-electron chi connectivity index (χ4n) is 6.87. The Balaban J connectivity index is 1.77. The standard InChI is InChI=1S/C34H34F3N5O3/c1-7-25(44)40-16-20-15-39(6)33-32(41(20)14-19(40)5)21-13-23(36)27(26-22(35)9-8-10-24(26)43)28(37)31(21)42(34(33)45)30-18(4)11-12-38-29(30)17(2)3/h7-13,17,19-20,43H,1,14-16H2,2-6H3. The van der Waals surface area contributed by atoms with Crippen molar-refractivity contribution in [3.8, 4) is 22.6 Å². The highest BCUT2D eigenvalue weighted by Crippen LogP contribution is 2.46. The van der Waals surface area contributed by atoms with Crippen molar-refractivity contribution in [1.82, 2.24) is 14.5 Å². The summed E-state index contributed by atoms with van der Waals surface area (Å²) in [7, 11) is 1.74. The number of halogens is 3. The Morgan fingerprint density at radius 1 is 1.07 bits per heavy atom. The molecule has 0 aliphatic carbocycles. The Hall–Kier alpha value is -4.80. The lowest BCUT2D eigenvalue weighted by Crippen LogP contribution is -2.64. The summed E-state index contributed by atoms with van der Waals surface area (Å²) in [6.45, 7) is 12.0. The summed E-state index contributed by atoms with van der Waals surface area (Å²) in [5, 5.41) is 10.7. The van der Waals surface area contributed by atoms with E-state index in [1.165, 1.54) is 16.7 Å². The van der Waals surface area contributed by atoms with Gasteiger partial charge in [0, 0.05) is 44.3 Å². The van der Waals surface area contributed by atoms with Crippen LogP contribution in [-0.2, 0) is 4.79 Å². The van der Waals surface area contributed by atoms with E-state index in [2.05, 4.69) is 11.6 Å². The van der Waals surface area contributed by atoms with Crippen LogP contribution in [0, 0.1) is 24.4 Å². The lowest BCUT2D eigenvalue weighted by Gasteiger charge is -2.51. The average molecular weight is 618 g/mol. The molecule has 1 fully saturated rings. The summed E-state index contributed by atoms with van der Waals surface area (Å²) < 4.78 is 49.7. The lowest BCUT2D eigenvalue weighted by molar-refractivity contribution is -0.128. The van der Waals surface area contributed by atoms with Crippen molar-refractivity contribution in [2.24, 2.45) is 0 Å². The van der Waals surface area contributed by atoms with Crippen molar-refractivity contribution >= 4 is 28.2 Å². The number of amides is 1. The number of hydrogen-bond acceptors (Lipinski definition) is 6. The maximum absolute atomic E-state index is 17.2. The molecule has 0 saturated carbocycles. The van der Waals surface area contributed by atoms with Crippen molar-refractivity contribution in [3.05, 3.63) is 88.2 Å². The third-order valence-electron chi connectivity index (χ3n) is 8.92. The largest absolute Gasteiger partial charge is 0.507 e. The van der Waals surface area contributed by atoms with Gasteiger partial charge < -0.3 is 19.8 Å². The Morgan fingerprint density at radius 2 is 1.80 bits per heavy atom. The highest BCUT2D eigenvalue weighted by molar-refractivity contribution is 6.03. The number of carbonyl (C=O) groups excluding carboxylic acids is 1. The summed E-state index contributed by atoms with van der Waals surface area (Å²) in [5.74, 6) is -4.35. The van der Waals surface area contributed by atoms with Gasteiger partial charge >= 0.3 is 0 Å². The third kappa shape index (κ3) is 4.55. The number of piperazine rings is 1. The van der Waals surface area contributed by atoms with Gasteiger partial charge in [0.2, 0.25) is 5.91 Å². The maximum atomic E-state index is 17.2. The van der Waals surface area contributed by atoms with Crippen LogP contribution in [0.2, 0.25) is 0 Å². The van der Waals surface area contributed by atoms with Crippen molar-refractivity contribution in [2.75, 3.05) is 36.5 Å². The number of aryl methyl sites for hydroxylation is 1. The number of phenolic OH excluding ortho intramolecular Hbond substituents is 1. The van der Waals surface area contributed by atoms with Crippen molar-refractivity contribution in [1.29, 1.82) is 0 Å². The van der Waals surface area contributed by atoms with E-state index in [0.717, 1.165) is 18.2 Å². The molecule has 4 heterocycles. The molecule has 0 bridgehead atoms. The number of likely N-dealkylation sites (N-methyl/N-ethyl adjacent to an activating group) is 1. The molecule has 4 aromatic rings. The molecule has 234 valence electrons. The number of nitrogens with zero attached hydrogens (tertiary/aromatic N) is 5. The number of hydrogen-bond donors (Lipinski definition) is 1. The van der Waals surface area contributed by atoms with Gasteiger partial charge in [-0.05, 0) is 55.7 Å². The molecule has 1 N–H and O–H groups in total. The van der Waals surface area contributed by atoms with E-state index in [1.54, 1.807) is 36.0 Å². The SMILES string of the molecule is C=CC(=O)N1CC2CN(C)c3c(c4cc(F)c(-c5c(O)cccc5F)c(F)c4n(-c4c(C)ccnc4C(C)C)c3=O)N2CC1C. The van der Waals surface area contributed by atoms with Crippen LogP contribution >= 0.6 is 0 Å². The van der Waals surface area contributed by atoms with Gasteiger partial charge in [-0.2, -0.15) is 0 Å². The zero-order valence-electron chi connectivity index (χ0n) is 25.7. The van der Waals surface area contributed by atoms with E-state index in [1.807, 2.05) is 25.7 Å². The summed E-state index contributed by atoms with van der Waals surface area (Å²) in [6.07, 6.45) is 2.87. The normalized spacial score (nSPS) is 17.9. The third-order valence-corrected chi connectivity index (χ3v) is 8.92. The average Bonchev–Trinajstić information content (AvgIpc) is 2.98. The highest BCUT2D eigenvalue weighted by Gasteiger charge is 2.42. The topological polar surface area (TPSA) is 81.9 Å². The van der Waals surface area contributed by atoms with E-state index in [-0.39, 0.29) is 40.5 Å². The van der Waals surface area contributed by atoms with Crippen LogP contribution in [0.5, 0.6) is 5.75 Å². The first-order valence-corrected chi connectivity index (χ1v) is 14.8. The number of rotatable bonds is 4. The molecule has 2 aliphatic heterocycles. The molecule has 0 radical (unpaired) electrons. The molecular weight excluding hydrogens is 583 g/mol. The molecule has 0 spiro atoms. The van der Waals surface area contributed by atoms with Crippen LogP contribution in [0.4, 0.5) is 24.5 Å². The number of aromatic nitrogens is 2. The zero-order valence-corrected chi connectivity index (χ0v) is 25.7. The van der Waals surface area contributed by atoms with Crippen molar-refractivity contribution < 1.29 is 23.1 Å². The second kappa shape index (κ2) is 11.0. The molecule has 1 saturated heterocycles. The van der Waals surface area contributed by atoms with Gasteiger partial charge in [-0.3, -0.25) is 19.1 Å². The maximum Gasteiger partial charge on any atom is 0.281 e. The quantitative estimate of drug-likeness (QED) is 0.298. The summed E-state index contributed by atoms with van der Waals surface area (Å²) in [4.78, 5) is 37.3. The minimum Gasteiger partial charge on any atom is -0.507 e. The van der Waals surface area contributed by atoms with Gasteiger partial charge in [-0.25, -0.2) is 13.2 Å². The fourth-order valence-corrected chi connectivity index (χ4v) is 6.87. The lowest BCUT2D eigenvalue weighted by atomic mass is 9.95. The molecule has 6 rings (SSSR count). The van der Waals surface area contributed by atoms with Crippen LogP contribution in [0.3, 0.4) is 0 Å². The predicted molar refractivity (Wildman–Crippen MR) is 169 cm³/mol. The van der Waals surface area contributed by atoms with Crippen LogP contribution in [-0.4, -0.2) is 64.2 Å². The molecule has 2 atom stereocenters. The van der Waals surface area contributed by atoms with Crippen LogP contribution in [0.15, 0.2) is 54.0 Å². The Labute approximate surface area is 258 Å². The molecule has 8 nitrogen and oxygen atoms in total. The smallest absolute Gasteiger partial charge is 0.281 e. The predicted octanol–water partition coefficient (Wildman–Crippen LogP) is 5.65. The molecule has 2 unspecified atom stereocenters. The van der Waals surface area contributed by atoms with Gasteiger partial charge in [0.15, 0.2) is 5.82 Å². The van der Waals surface area contributed by atoms with E-state index in [0.29, 0.717) is 42.3 Å². The first-order chi connectivity index (χ1) is 21.4. The van der Waals surface area contributed by atoms with Crippen molar-refractivity contribution in [2.45, 2.75) is 45.7 Å². The molecule has 1 amide bonds. The van der Waals surface area contributed by atoms with Crippen molar-refractivity contribution in [3.63, 3.8) is 0 Å². The Bertz CT molecular complexity index is 1940. The van der Waals surface area contributed by atoms with E-state index in [4.69, 9.17) is 0 Å². The van der Waals surface area contributed by atoms with Gasteiger partial charge in [0.1, 0.15) is 23.1 Å². The van der Waals surface area contributed by atoms with Crippen LogP contribution in [0.25, 0.3) is 27.7 Å². The Kier molecular flexibility index (Phi) is 7.37. The number of pyridine rings is 2. The number of aromatic hydroxyl groups is 1. The summed E-state index contributed by atoms with van der Waals surface area (Å²) in [6, 6.07) is 5.61. The number of benzene rings is 2. The number of carbonyl (C=O) groups is 1. The van der Waals surface area contributed by atoms with E-state index >= 15 is 13.2 Å². The highest BCUT2D eigenvalue weighted by atomic mass is 19.1. The number of anilines is 2. The molecular formula is C34H34F3N5O3. The van der Waals surface area contributed by atoms with Gasteiger partial charge in [0.25, 0.3) is 5.56 Å². The first kappa shape index (κ1) is 30.2. The van der Waals surface area contributed by atoms with Crippen LogP contribution in [0.1, 0.15) is 37.9 Å². The molecule has 2 aromatic heterocycles. The number of phenols is 1. The second-order valence-corrected chi connectivity index (χ2v) is 12.2. The van der Waals surface area contributed by atoms with Gasteiger partial charge in [0.05, 0.1) is 39.8 Å². The van der Waals surface area contributed by atoms with E-state index in [9.17, 15) is 14.7 Å². The second-order valence-electron chi connectivity index (χ2n) is 12.2. The first-order valence-electron chi connectivity index (χ1n) is 14.8. The molecule has 11 heteroatoms. The van der Waals surface area contributed by atoms with Gasteiger partial charge in [-0.15, -0.1) is 0 Å². The molecule has 2 aliphatic rings. The van der Waals surface area contributed by atoms with E-state index < -0.39 is 39.9 Å². The van der Waals surface area contributed by atoms with Crippen LogP contribution < -0.4 is 15.4 Å². The summed E-state index contributed by atoms with van der Waals surface area (Å²) in [5.41, 5.74) is -0.149. The monoisotopic (exact) mass is 617 g/mol. The molecule has 45 heavy (non-hydrogen) atoms. The zero-order chi connectivity index (χ0) is 32.5.